The van der Waals surface area contributed by atoms with Crippen molar-refractivity contribution in [2.24, 2.45) is 5.84 Å². The Hall–Kier alpha value is -0.690. The Bertz CT molecular complexity index is 230. The molecule has 4 N–H and O–H groups in total. The summed E-state index contributed by atoms with van der Waals surface area (Å²) >= 11 is 0. The van der Waals surface area contributed by atoms with Crippen molar-refractivity contribution in [2.45, 2.75) is 25.8 Å². The number of hydrogen-bond donors (Lipinski definition) is 3. The summed E-state index contributed by atoms with van der Waals surface area (Å²) in [6, 6.07) is 0.406. The Kier molecular flexibility index (Phi) is 6.43. The van der Waals surface area contributed by atoms with Gasteiger partial charge in [-0.2, -0.15) is 0 Å². The smallest absolute Gasteiger partial charge is 0.233 e. The third-order valence-electron chi connectivity index (χ3n) is 3.40. The van der Waals surface area contributed by atoms with Gasteiger partial charge in [0.25, 0.3) is 0 Å². The third kappa shape index (κ3) is 4.99. The molecule has 1 fully saturated rings. The number of carbonyl (C=O) groups excluding carboxylic acids is 1. The fourth-order valence-electron chi connectivity index (χ4n) is 2.16. The van der Waals surface area contributed by atoms with Gasteiger partial charge in [0.1, 0.15) is 0 Å². The molecule has 0 aromatic rings. The summed E-state index contributed by atoms with van der Waals surface area (Å²) in [5.74, 6) is 4.94. The Morgan fingerprint density at radius 1 is 1.41 bits per heavy atom. The number of nitrogens with zero attached hydrogens (tertiary/aromatic N) is 2. The van der Waals surface area contributed by atoms with Crippen LogP contribution >= 0.6 is 0 Å². The van der Waals surface area contributed by atoms with E-state index in [0.29, 0.717) is 12.5 Å². The molecule has 1 aliphatic heterocycles. The van der Waals surface area contributed by atoms with Gasteiger partial charge in [0.05, 0.1) is 6.61 Å². The molecule has 17 heavy (non-hydrogen) atoms. The molecule has 0 bridgehead atoms. The molecule has 1 amide bonds. The number of nitrogens with two attached hydrogens (primary N) is 1. The zero-order valence-electron chi connectivity index (χ0n) is 10.6. The van der Waals surface area contributed by atoms with Crippen LogP contribution in [0.15, 0.2) is 0 Å². The normalized spacial score (nSPS) is 20.2. The fourth-order valence-corrected chi connectivity index (χ4v) is 2.16. The highest BCUT2D eigenvalue weighted by Crippen LogP contribution is 2.10. The summed E-state index contributed by atoms with van der Waals surface area (Å²) in [6.45, 7) is 7.13. The average Bonchev–Trinajstić information content (AvgIpc) is 2.36. The molecular weight excluding hydrogens is 220 g/mol. The van der Waals surface area contributed by atoms with Gasteiger partial charge in [-0.05, 0) is 13.3 Å². The van der Waals surface area contributed by atoms with Crippen molar-refractivity contribution in [1.82, 2.24) is 15.2 Å². The zero-order chi connectivity index (χ0) is 12.7. The third-order valence-corrected chi connectivity index (χ3v) is 3.40. The van der Waals surface area contributed by atoms with Crippen molar-refractivity contribution in [3.8, 4) is 0 Å². The lowest BCUT2D eigenvalue weighted by molar-refractivity contribution is -0.121. The van der Waals surface area contributed by atoms with Gasteiger partial charge >= 0.3 is 0 Å². The highest BCUT2D eigenvalue weighted by atomic mass is 16.3. The number of piperazine rings is 1. The number of β-amino-alcohol motifs (C(OH)–C–C–N with tert-alkyl or cyclic N) is 1. The number of aliphatic hydroxyl groups is 1. The lowest BCUT2D eigenvalue weighted by atomic mass is 10.1. The highest BCUT2D eigenvalue weighted by Gasteiger charge is 2.20. The van der Waals surface area contributed by atoms with E-state index in [4.69, 9.17) is 10.9 Å². The molecule has 1 heterocycles. The minimum Gasteiger partial charge on any atom is -0.395 e. The number of aliphatic hydroxyl groups excluding tert-OH is 1. The molecule has 1 aliphatic rings. The van der Waals surface area contributed by atoms with Crippen molar-refractivity contribution in [2.75, 3.05) is 39.3 Å². The first kappa shape index (κ1) is 14.4. The molecule has 6 nitrogen and oxygen atoms in total. The topological polar surface area (TPSA) is 81.8 Å². The Labute approximate surface area is 103 Å². The molecule has 0 saturated carbocycles. The maximum atomic E-state index is 11.0. The van der Waals surface area contributed by atoms with Crippen LogP contribution in [-0.4, -0.2) is 66.2 Å². The van der Waals surface area contributed by atoms with E-state index in [1.54, 1.807) is 0 Å². The van der Waals surface area contributed by atoms with Gasteiger partial charge in [0, 0.05) is 45.2 Å². The van der Waals surface area contributed by atoms with Crippen LogP contribution in [0.1, 0.15) is 19.8 Å². The monoisotopic (exact) mass is 244 g/mol. The zero-order valence-corrected chi connectivity index (χ0v) is 10.6. The second kappa shape index (κ2) is 7.60. The highest BCUT2D eigenvalue weighted by molar-refractivity contribution is 5.75. The summed E-state index contributed by atoms with van der Waals surface area (Å²) in [6.07, 6.45) is 1.32. The molecule has 0 aliphatic carbocycles. The molecule has 6 heteroatoms. The first-order valence-electron chi connectivity index (χ1n) is 6.24. The molecule has 1 atom stereocenters. The lowest BCUT2D eigenvalue weighted by Crippen LogP contribution is -2.50. The minimum absolute atomic E-state index is 0.101. The van der Waals surface area contributed by atoms with Crippen LogP contribution in [0.2, 0.25) is 0 Å². The molecule has 0 aromatic carbocycles. The predicted molar refractivity (Wildman–Crippen MR) is 66.1 cm³/mol. The van der Waals surface area contributed by atoms with Gasteiger partial charge in [-0.1, -0.05) is 0 Å². The van der Waals surface area contributed by atoms with Crippen LogP contribution in [0, 0.1) is 0 Å². The molecule has 100 valence electrons. The van der Waals surface area contributed by atoms with E-state index in [-0.39, 0.29) is 12.5 Å². The van der Waals surface area contributed by atoms with Gasteiger partial charge in [-0.25, -0.2) is 5.84 Å². The van der Waals surface area contributed by atoms with Gasteiger partial charge < -0.3 is 5.11 Å². The molecule has 1 unspecified atom stereocenters. The molecule has 1 saturated heterocycles. The van der Waals surface area contributed by atoms with Crippen LogP contribution < -0.4 is 11.3 Å². The maximum Gasteiger partial charge on any atom is 0.233 e. The maximum absolute atomic E-state index is 11.0. The van der Waals surface area contributed by atoms with E-state index < -0.39 is 0 Å². The molecular formula is C11H24N4O2. The van der Waals surface area contributed by atoms with E-state index in [2.05, 4.69) is 22.1 Å². The molecule has 0 aromatic heterocycles. The van der Waals surface area contributed by atoms with Crippen LogP contribution in [-0.2, 0) is 4.79 Å². The van der Waals surface area contributed by atoms with E-state index in [9.17, 15) is 4.79 Å². The largest absolute Gasteiger partial charge is 0.395 e. The summed E-state index contributed by atoms with van der Waals surface area (Å²) in [5.41, 5.74) is 2.15. The fraction of sp³-hybridized carbons (Fsp3) is 0.909. The molecule has 0 radical (unpaired) electrons. The minimum atomic E-state index is -0.101. The van der Waals surface area contributed by atoms with Gasteiger partial charge in [-0.3, -0.25) is 20.0 Å². The summed E-state index contributed by atoms with van der Waals surface area (Å²) in [5, 5.41) is 8.85. The van der Waals surface area contributed by atoms with Gasteiger partial charge in [-0.15, -0.1) is 0 Å². The van der Waals surface area contributed by atoms with Crippen molar-refractivity contribution in [3.63, 3.8) is 0 Å². The second-order valence-electron chi connectivity index (χ2n) is 4.56. The Balaban J connectivity index is 2.21. The van der Waals surface area contributed by atoms with Crippen LogP contribution in [0.4, 0.5) is 0 Å². The number of amides is 1. The van der Waals surface area contributed by atoms with Gasteiger partial charge in [0.2, 0.25) is 5.91 Å². The van der Waals surface area contributed by atoms with Crippen molar-refractivity contribution >= 4 is 5.91 Å². The van der Waals surface area contributed by atoms with Crippen LogP contribution in [0.25, 0.3) is 0 Å². The summed E-state index contributed by atoms with van der Waals surface area (Å²) in [4.78, 5) is 15.7. The van der Waals surface area contributed by atoms with Crippen LogP contribution in [0.5, 0.6) is 0 Å². The van der Waals surface area contributed by atoms with E-state index in [0.717, 1.165) is 39.1 Å². The standard InChI is InChI=1S/C11H24N4O2/c1-10(2-3-11(17)13-12)15-6-4-14(5-7-15)8-9-16/h10,16H,2-9,12H2,1H3,(H,13,17). The number of carbonyl (C=O) groups is 1. The van der Waals surface area contributed by atoms with Crippen molar-refractivity contribution < 1.29 is 9.90 Å². The number of nitrogens with one attached hydrogen (secondary N) is 1. The summed E-state index contributed by atoms with van der Waals surface area (Å²) in [7, 11) is 0. The predicted octanol–water partition coefficient (Wildman–Crippen LogP) is -1.25. The Morgan fingerprint density at radius 3 is 2.59 bits per heavy atom. The number of hydrazine groups is 1. The van der Waals surface area contributed by atoms with Gasteiger partial charge in [0.15, 0.2) is 0 Å². The first-order chi connectivity index (χ1) is 8.17. The van der Waals surface area contributed by atoms with E-state index >= 15 is 0 Å². The van der Waals surface area contributed by atoms with Crippen molar-refractivity contribution in [3.05, 3.63) is 0 Å². The van der Waals surface area contributed by atoms with E-state index in [1.807, 2.05) is 0 Å². The number of rotatable bonds is 6. The first-order valence-corrected chi connectivity index (χ1v) is 6.24. The SMILES string of the molecule is CC(CCC(=O)NN)N1CCN(CCO)CC1. The average molecular weight is 244 g/mol. The summed E-state index contributed by atoms with van der Waals surface area (Å²) < 4.78 is 0. The molecule has 0 spiro atoms. The Morgan fingerprint density at radius 2 is 2.06 bits per heavy atom. The van der Waals surface area contributed by atoms with Crippen molar-refractivity contribution in [1.29, 1.82) is 0 Å². The van der Waals surface area contributed by atoms with E-state index in [1.165, 1.54) is 0 Å². The molecule has 1 rings (SSSR count). The lowest BCUT2D eigenvalue weighted by Gasteiger charge is -2.37. The van der Waals surface area contributed by atoms with Crippen LogP contribution in [0.3, 0.4) is 0 Å². The quantitative estimate of drug-likeness (QED) is 0.309. The second-order valence-corrected chi connectivity index (χ2v) is 4.56. The number of hydrogen-bond acceptors (Lipinski definition) is 5.